The van der Waals surface area contributed by atoms with Crippen LogP contribution in [0.3, 0.4) is 0 Å². The first-order chi connectivity index (χ1) is 8.83. The van der Waals surface area contributed by atoms with Gasteiger partial charge in [-0.2, -0.15) is 0 Å². The van der Waals surface area contributed by atoms with Crippen LogP contribution in [0.1, 0.15) is 30.9 Å². The zero-order valence-corrected chi connectivity index (χ0v) is 11.4. The Bertz CT molecular complexity index is 415. The van der Waals surface area contributed by atoms with Crippen molar-refractivity contribution in [1.82, 2.24) is 0 Å². The molecule has 8 heteroatoms. The first-order valence-electron chi connectivity index (χ1n) is 5.84. The molecule has 0 aliphatic rings. The molecule has 0 aromatic heterocycles. The summed E-state index contributed by atoms with van der Waals surface area (Å²) in [4.78, 5) is 0. The van der Waals surface area contributed by atoms with E-state index in [4.69, 9.17) is 11.5 Å². The van der Waals surface area contributed by atoms with Gasteiger partial charge in [-0.05, 0) is 37.1 Å². The smallest absolute Gasteiger partial charge is 0.403 e. The molecule has 0 unspecified atom stereocenters. The van der Waals surface area contributed by atoms with Crippen LogP contribution in [-0.4, -0.2) is 12.9 Å². The van der Waals surface area contributed by atoms with Crippen molar-refractivity contribution in [3.8, 4) is 5.75 Å². The third-order valence-corrected chi connectivity index (χ3v) is 2.58. The zero-order valence-electron chi connectivity index (χ0n) is 10.6. The van der Waals surface area contributed by atoms with Crippen molar-refractivity contribution < 1.29 is 22.3 Å². The molecule has 0 amide bonds. The summed E-state index contributed by atoms with van der Waals surface area (Å²) in [6.45, 7) is 0.541. The predicted molar refractivity (Wildman–Crippen MR) is 70.2 cm³/mol. The molecule has 1 rings (SSSR count). The Hall–Kier alpha value is -1.05. The highest BCUT2D eigenvalue weighted by molar-refractivity contribution is 5.85. The van der Waals surface area contributed by atoms with E-state index in [0.29, 0.717) is 18.5 Å². The molecule has 20 heavy (non-hydrogen) atoms. The van der Waals surface area contributed by atoms with Crippen LogP contribution < -0.4 is 16.2 Å². The van der Waals surface area contributed by atoms with Gasteiger partial charge in [-0.15, -0.1) is 25.6 Å². The number of hydrogen-bond donors (Lipinski definition) is 2. The van der Waals surface area contributed by atoms with Crippen molar-refractivity contribution in [2.45, 2.75) is 31.7 Å². The van der Waals surface area contributed by atoms with Crippen LogP contribution in [-0.2, 0) is 0 Å². The number of ether oxygens (including phenoxy) is 1. The summed E-state index contributed by atoms with van der Waals surface area (Å²) in [7, 11) is 0. The van der Waals surface area contributed by atoms with Crippen LogP contribution in [0.25, 0.3) is 0 Å². The number of nitrogens with two attached hydrogens (primary N) is 2. The number of benzene rings is 1. The van der Waals surface area contributed by atoms with Gasteiger partial charge in [-0.1, -0.05) is 12.5 Å². The lowest BCUT2D eigenvalue weighted by atomic mass is 10.0. The van der Waals surface area contributed by atoms with Gasteiger partial charge in [0, 0.05) is 6.04 Å². The van der Waals surface area contributed by atoms with Gasteiger partial charge in [-0.25, -0.2) is 4.39 Å². The quantitative estimate of drug-likeness (QED) is 0.625. The van der Waals surface area contributed by atoms with Crippen molar-refractivity contribution >= 4 is 12.4 Å². The Morgan fingerprint density at radius 2 is 1.85 bits per heavy atom. The van der Waals surface area contributed by atoms with Gasteiger partial charge in [0.15, 0.2) is 11.6 Å². The van der Waals surface area contributed by atoms with Crippen LogP contribution in [0.5, 0.6) is 5.75 Å². The second kappa shape index (κ2) is 8.28. The van der Waals surface area contributed by atoms with Crippen LogP contribution >= 0.6 is 12.4 Å². The van der Waals surface area contributed by atoms with Crippen molar-refractivity contribution in [3.05, 3.63) is 29.6 Å². The average Bonchev–Trinajstić information content (AvgIpc) is 2.30. The fraction of sp³-hybridized carbons (Fsp3) is 0.500. The zero-order chi connectivity index (χ0) is 14.5. The van der Waals surface area contributed by atoms with Crippen LogP contribution in [0.2, 0.25) is 0 Å². The lowest BCUT2D eigenvalue weighted by Crippen LogP contribution is -2.18. The van der Waals surface area contributed by atoms with Gasteiger partial charge >= 0.3 is 6.36 Å². The molecule has 1 aromatic rings. The molecule has 1 aromatic carbocycles. The molecular formula is C12H17ClF4N2O. The minimum atomic E-state index is -4.91. The van der Waals surface area contributed by atoms with Crippen molar-refractivity contribution in [3.63, 3.8) is 0 Å². The van der Waals surface area contributed by atoms with Crippen LogP contribution in [0.15, 0.2) is 18.2 Å². The summed E-state index contributed by atoms with van der Waals surface area (Å²) in [6.07, 6.45) is -2.74. The average molecular weight is 317 g/mol. The van der Waals surface area contributed by atoms with E-state index in [0.717, 1.165) is 25.0 Å². The van der Waals surface area contributed by atoms with Crippen molar-refractivity contribution in [1.29, 1.82) is 0 Å². The fourth-order valence-electron chi connectivity index (χ4n) is 1.63. The number of halogens is 5. The standard InChI is InChI=1S/C12H16F4N2O.ClH/c13-9-7-8(10(18)3-1-2-6-17)4-5-11(9)19-12(14,15)16;/h4-5,7,10H,1-3,6,17-18H2;1H/t10-;/m0./s1. The number of alkyl halides is 3. The predicted octanol–water partition coefficient (Wildman–Crippen LogP) is 3.27. The SMILES string of the molecule is Cl.NCCCC[C@H](N)c1ccc(OC(F)(F)F)c(F)c1. The van der Waals surface area contributed by atoms with E-state index >= 15 is 0 Å². The van der Waals surface area contributed by atoms with E-state index in [1.807, 2.05) is 0 Å². The van der Waals surface area contributed by atoms with Gasteiger partial charge in [-0.3, -0.25) is 0 Å². The van der Waals surface area contributed by atoms with Gasteiger partial charge in [0.2, 0.25) is 0 Å². The Kier molecular flexibility index (Phi) is 7.85. The maximum absolute atomic E-state index is 13.4. The number of hydrogen-bond acceptors (Lipinski definition) is 3. The van der Waals surface area contributed by atoms with Crippen molar-refractivity contribution in [2.24, 2.45) is 11.5 Å². The van der Waals surface area contributed by atoms with Gasteiger partial charge in [0.25, 0.3) is 0 Å². The molecule has 0 spiro atoms. The summed E-state index contributed by atoms with van der Waals surface area (Å²) < 4.78 is 52.8. The molecule has 3 nitrogen and oxygen atoms in total. The van der Waals surface area contributed by atoms with Crippen LogP contribution in [0.4, 0.5) is 17.6 Å². The number of unbranched alkanes of at least 4 members (excludes halogenated alkanes) is 1. The summed E-state index contributed by atoms with van der Waals surface area (Å²) in [5.41, 5.74) is 11.6. The lowest BCUT2D eigenvalue weighted by molar-refractivity contribution is -0.275. The fourth-order valence-corrected chi connectivity index (χ4v) is 1.63. The van der Waals surface area contributed by atoms with Gasteiger partial charge < -0.3 is 16.2 Å². The van der Waals surface area contributed by atoms with Gasteiger partial charge in [0.05, 0.1) is 0 Å². The summed E-state index contributed by atoms with van der Waals surface area (Å²) in [6, 6.07) is 2.80. The minimum absolute atomic E-state index is 0. The molecule has 4 N–H and O–H groups in total. The molecule has 0 radical (unpaired) electrons. The Morgan fingerprint density at radius 3 is 2.35 bits per heavy atom. The summed E-state index contributed by atoms with van der Waals surface area (Å²) in [5.74, 6) is -1.94. The van der Waals surface area contributed by atoms with E-state index in [2.05, 4.69) is 4.74 Å². The molecule has 0 saturated heterocycles. The van der Waals surface area contributed by atoms with Crippen LogP contribution in [0, 0.1) is 5.82 Å². The second-order valence-electron chi connectivity index (χ2n) is 4.13. The highest BCUT2D eigenvalue weighted by Gasteiger charge is 2.32. The molecule has 0 saturated carbocycles. The molecule has 116 valence electrons. The molecule has 0 heterocycles. The maximum atomic E-state index is 13.4. The maximum Gasteiger partial charge on any atom is 0.573 e. The Morgan fingerprint density at radius 1 is 1.20 bits per heavy atom. The van der Waals surface area contributed by atoms with E-state index < -0.39 is 24.0 Å². The second-order valence-corrected chi connectivity index (χ2v) is 4.13. The third-order valence-electron chi connectivity index (χ3n) is 2.58. The lowest BCUT2D eigenvalue weighted by Gasteiger charge is -2.14. The Balaban J connectivity index is 0.00000361. The van der Waals surface area contributed by atoms with E-state index in [-0.39, 0.29) is 12.4 Å². The monoisotopic (exact) mass is 316 g/mol. The first-order valence-corrected chi connectivity index (χ1v) is 5.84. The molecule has 0 aliphatic heterocycles. The molecule has 1 atom stereocenters. The van der Waals surface area contributed by atoms with E-state index in [9.17, 15) is 17.6 Å². The van der Waals surface area contributed by atoms with E-state index in [1.54, 1.807) is 0 Å². The number of rotatable bonds is 6. The summed E-state index contributed by atoms with van der Waals surface area (Å²) >= 11 is 0. The Labute approximate surface area is 120 Å². The highest BCUT2D eigenvalue weighted by Crippen LogP contribution is 2.28. The molecule has 0 bridgehead atoms. The first kappa shape index (κ1) is 18.9. The van der Waals surface area contributed by atoms with Crippen molar-refractivity contribution in [2.75, 3.05) is 6.54 Å². The topological polar surface area (TPSA) is 61.3 Å². The molecule has 0 aliphatic carbocycles. The summed E-state index contributed by atoms with van der Waals surface area (Å²) in [5, 5.41) is 0. The minimum Gasteiger partial charge on any atom is -0.403 e. The molecule has 0 fully saturated rings. The highest BCUT2D eigenvalue weighted by atomic mass is 35.5. The van der Waals surface area contributed by atoms with Gasteiger partial charge in [0.1, 0.15) is 0 Å². The van der Waals surface area contributed by atoms with E-state index in [1.165, 1.54) is 6.07 Å². The molecular weight excluding hydrogens is 300 g/mol. The largest absolute Gasteiger partial charge is 0.573 e. The normalized spacial score (nSPS) is 12.7. The third kappa shape index (κ3) is 6.40.